The lowest BCUT2D eigenvalue weighted by atomic mass is 10.1. The standard InChI is InChI=1S/C20H22F3N3O3/c21-20(22,23)13-25-19(28)15-8-5-11-26(15)18(27)10-4-9-17-24-12-16(29-17)14-6-2-1-3-7-14/h1-3,6-7,12,15H,4-5,8-11,13H2,(H,25,28). The number of rotatable bonds is 7. The molecule has 0 spiro atoms. The van der Waals surface area contributed by atoms with Crippen LogP contribution in [0.4, 0.5) is 13.2 Å². The molecule has 2 amide bonds. The minimum Gasteiger partial charge on any atom is -0.441 e. The van der Waals surface area contributed by atoms with Gasteiger partial charge in [-0.1, -0.05) is 30.3 Å². The maximum absolute atomic E-state index is 12.5. The van der Waals surface area contributed by atoms with Gasteiger partial charge in [0.25, 0.3) is 0 Å². The number of hydrogen-bond acceptors (Lipinski definition) is 4. The Morgan fingerprint density at radius 3 is 2.72 bits per heavy atom. The van der Waals surface area contributed by atoms with Crippen molar-refractivity contribution in [3.05, 3.63) is 42.4 Å². The van der Waals surface area contributed by atoms with Crippen molar-refractivity contribution in [2.75, 3.05) is 13.1 Å². The van der Waals surface area contributed by atoms with E-state index in [0.717, 1.165) is 5.56 Å². The number of nitrogens with zero attached hydrogens (tertiary/aromatic N) is 2. The zero-order valence-electron chi connectivity index (χ0n) is 15.7. The molecule has 1 aliphatic heterocycles. The molecule has 0 radical (unpaired) electrons. The van der Waals surface area contributed by atoms with Crippen LogP contribution in [0.5, 0.6) is 0 Å². The quantitative estimate of drug-likeness (QED) is 0.761. The summed E-state index contributed by atoms with van der Waals surface area (Å²) >= 11 is 0. The minimum absolute atomic E-state index is 0.173. The first-order chi connectivity index (χ1) is 13.8. The summed E-state index contributed by atoms with van der Waals surface area (Å²) in [6.45, 7) is -1.02. The number of likely N-dealkylation sites (tertiary alicyclic amines) is 1. The van der Waals surface area contributed by atoms with Crippen molar-refractivity contribution in [1.29, 1.82) is 0 Å². The average Bonchev–Trinajstić information content (AvgIpc) is 3.36. The maximum Gasteiger partial charge on any atom is 0.405 e. The van der Waals surface area contributed by atoms with Gasteiger partial charge in [-0.3, -0.25) is 9.59 Å². The number of nitrogens with one attached hydrogen (secondary N) is 1. The van der Waals surface area contributed by atoms with Crippen LogP contribution in [0.3, 0.4) is 0 Å². The van der Waals surface area contributed by atoms with Gasteiger partial charge in [0.1, 0.15) is 12.6 Å². The van der Waals surface area contributed by atoms with Crippen LogP contribution in [-0.2, 0) is 16.0 Å². The summed E-state index contributed by atoms with van der Waals surface area (Å²) in [6.07, 6.45) is -0.776. The molecule has 0 bridgehead atoms. The van der Waals surface area contributed by atoms with E-state index in [1.807, 2.05) is 35.6 Å². The van der Waals surface area contributed by atoms with E-state index in [4.69, 9.17) is 4.42 Å². The second-order valence-electron chi connectivity index (χ2n) is 6.92. The van der Waals surface area contributed by atoms with Crippen molar-refractivity contribution >= 4 is 11.8 Å². The number of amides is 2. The number of aromatic nitrogens is 1. The summed E-state index contributed by atoms with van der Waals surface area (Å²) in [7, 11) is 0. The average molecular weight is 409 g/mol. The van der Waals surface area contributed by atoms with Gasteiger partial charge in [-0.15, -0.1) is 0 Å². The van der Waals surface area contributed by atoms with Gasteiger partial charge < -0.3 is 14.6 Å². The van der Waals surface area contributed by atoms with Gasteiger partial charge in [0.2, 0.25) is 11.8 Å². The molecule has 2 heterocycles. The predicted molar refractivity (Wildman–Crippen MR) is 98.7 cm³/mol. The van der Waals surface area contributed by atoms with Gasteiger partial charge in [0.15, 0.2) is 11.7 Å². The van der Waals surface area contributed by atoms with E-state index in [9.17, 15) is 22.8 Å². The molecular formula is C20H22F3N3O3. The topological polar surface area (TPSA) is 75.4 Å². The van der Waals surface area contributed by atoms with Crippen molar-refractivity contribution in [3.8, 4) is 11.3 Å². The molecule has 3 rings (SSSR count). The van der Waals surface area contributed by atoms with E-state index in [1.165, 1.54) is 4.90 Å². The van der Waals surface area contributed by atoms with Crippen LogP contribution in [0.2, 0.25) is 0 Å². The molecule has 1 aliphatic rings. The number of hydrogen-bond donors (Lipinski definition) is 1. The number of carbonyl (C=O) groups is 2. The fraction of sp³-hybridized carbons (Fsp3) is 0.450. The molecule has 156 valence electrons. The fourth-order valence-corrected chi connectivity index (χ4v) is 3.34. The summed E-state index contributed by atoms with van der Waals surface area (Å²) in [5.74, 6) is 0.156. The monoisotopic (exact) mass is 409 g/mol. The molecule has 0 aliphatic carbocycles. The van der Waals surface area contributed by atoms with E-state index in [0.29, 0.717) is 43.9 Å². The molecule has 6 nitrogen and oxygen atoms in total. The van der Waals surface area contributed by atoms with Crippen LogP contribution >= 0.6 is 0 Å². The van der Waals surface area contributed by atoms with Crippen molar-refractivity contribution in [1.82, 2.24) is 15.2 Å². The molecule has 29 heavy (non-hydrogen) atoms. The van der Waals surface area contributed by atoms with Crippen molar-refractivity contribution in [3.63, 3.8) is 0 Å². The number of halogens is 3. The van der Waals surface area contributed by atoms with Gasteiger partial charge in [0.05, 0.1) is 6.20 Å². The van der Waals surface area contributed by atoms with Crippen LogP contribution in [0, 0.1) is 0 Å². The first-order valence-electron chi connectivity index (χ1n) is 9.47. The molecule has 9 heteroatoms. The number of aryl methyl sites for hydroxylation is 1. The van der Waals surface area contributed by atoms with Crippen LogP contribution in [0.1, 0.15) is 31.6 Å². The predicted octanol–water partition coefficient (Wildman–Crippen LogP) is 3.33. The van der Waals surface area contributed by atoms with Gasteiger partial charge >= 0.3 is 6.18 Å². The highest BCUT2D eigenvalue weighted by Gasteiger charge is 2.36. The van der Waals surface area contributed by atoms with Crippen LogP contribution in [0.25, 0.3) is 11.3 Å². The molecule has 1 unspecified atom stereocenters. The lowest BCUT2D eigenvalue weighted by Crippen LogP contribution is -2.48. The fourth-order valence-electron chi connectivity index (χ4n) is 3.34. The molecule has 1 fully saturated rings. The Morgan fingerprint density at radius 2 is 2.00 bits per heavy atom. The Kier molecular flexibility index (Phi) is 6.56. The Labute approximate surface area is 166 Å². The number of benzene rings is 1. The van der Waals surface area contributed by atoms with E-state index < -0.39 is 24.7 Å². The molecule has 1 aromatic carbocycles. The van der Waals surface area contributed by atoms with Gasteiger partial charge in [-0.05, 0) is 19.3 Å². The summed E-state index contributed by atoms with van der Waals surface area (Å²) in [5, 5.41) is 1.87. The third kappa shape index (κ3) is 5.82. The Morgan fingerprint density at radius 1 is 1.24 bits per heavy atom. The summed E-state index contributed by atoms with van der Waals surface area (Å²) in [5.41, 5.74) is 0.909. The van der Waals surface area contributed by atoms with Crippen LogP contribution < -0.4 is 5.32 Å². The smallest absolute Gasteiger partial charge is 0.405 e. The molecular weight excluding hydrogens is 387 g/mol. The Bertz CT molecular complexity index is 836. The van der Waals surface area contributed by atoms with Crippen molar-refractivity contribution in [2.24, 2.45) is 0 Å². The molecule has 2 aromatic rings. The lowest BCUT2D eigenvalue weighted by Gasteiger charge is -2.24. The summed E-state index contributed by atoms with van der Waals surface area (Å²) in [6, 6.07) is 8.68. The van der Waals surface area contributed by atoms with Crippen LogP contribution in [-0.4, -0.2) is 47.0 Å². The number of alkyl halides is 3. The second-order valence-corrected chi connectivity index (χ2v) is 6.92. The highest BCUT2D eigenvalue weighted by Crippen LogP contribution is 2.22. The third-order valence-electron chi connectivity index (χ3n) is 4.73. The van der Waals surface area contributed by atoms with Gasteiger partial charge in [0, 0.05) is 24.9 Å². The van der Waals surface area contributed by atoms with Crippen molar-refractivity contribution in [2.45, 2.75) is 44.3 Å². The molecule has 1 aromatic heterocycles. The van der Waals surface area contributed by atoms with Crippen LogP contribution in [0.15, 0.2) is 40.9 Å². The second kappa shape index (κ2) is 9.11. The highest BCUT2D eigenvalue weighted by atomic mass is 19.4. The maximum atomic E-state index is 12.5. The summed E-state index contributed by atoms with van der Waals surface area (Å²) in [4.78, 5) is 30.0. The molecule has 1 saturated heterocycles. The normalized spacial score (nSPS) is 16.8. The van der Waals surface area contributed by atoms with E-state index in [2.05, 4.69) is 4.98 Å². The van der Waals surface area contributed by atoms with Gasteiger partial charge in [-0.25, -0.2) is 4.98 Å². The SMILES string of the molecule is O=C(NCC(F)(F)F)C1CCCN1C(=O)CCCc1ncc(-c2ccccc2)o1. The minimum atomic E-state index is -4.47. The van der Waals surface area contributed by atoms with Crippen molar-refractivity contribution < 1.29 is 27.2 Å². The number of oxazole rings is 1. The van der Waals surface area contributed by atoms with E-state index >= 15 is 0 Å². The zero-order valence-corrected chi connectivity index (χ0v) is 15.7. The lowest BCUT2D eigenvalue weighted by molar-refractivity contribution is -0.144. The Hall–Kier alpha value is -2.84. The molecule has 1 atom stereocenters. The zero-order chi connectivity index (χ0) is 20.9. The molecule has 0 saturated carbocycles. The largest absolute Gasteiger partial charge is 0.441 e. The molecule has 1 N–H and O–H groups in total. The first kappa shape index (κ1) is 20.9. The van der Waals surface area contributed by atoms with Gasteiger partial charge in [-0.2, -0.15) is 13.2 Å². The number of carbonyl (C=O) groups excluding carboxylic acids is 2. The third-order valence-corrected chi connectivity index (χ3v) is 4.73. The van der Waals surface area contributed by atoms with E-state index in [1.54, 1.807) is 6.20 Å². The first-order valence-corrected chi connectivity index (χ1v) is 9.47. The summed E-state index contributed by atoms with van der Waals surface area (Å²) < 4.78 is 42.6. The van der Waals surface area contributed by atoms with E-state index in [-0.39, 0.29) is 12.3 Å². The Balaban J connectivity index is 1.47. The highest BCUT2D eigenvalue weighted by molar-refractivity contribution is 5.88.